The molecule has 0 saturated carbocycles. The van der Waals surface area contributed by atoms with Gasteiger partial charge in [-0.2, -0.15) is 17.0 Å². The molecule has 24 heavy (non-hydrogen) atoms. The van der Waals surface area contributed by atoms with Crippen LogP contribution in [0.25, 0.3) is 0 Å². The molecule has 8 heteroatoms. The Bertz CT molecular complexity index is 713. The maximum Gasteiger partial charge on any atom is 0.281 e. The van der Waals surface area contributed by atoms with Gasteiger partial charge in [0, 0.05) is 46.3 Å². The summed E-state index contributed by atoms with van der Waals surface area (Å²) in [6.45, 7) is 2.60. The highest BCUT2D eigenvalue weighted by atomic mass is 35.5. The summed E-state index contributed by atoms with van der Waals surface area (Å²) in [6, 6.07) is 4.97. The third-order valence-electron chi connectivity index (χ3n) is 4.95. The molecular formula is C16H23ClFN3O2S. The molecule has 0 radical (unpaired) electrons. The molecule has 0 spiro atoms. The summed E-state index contributed by atoms with van der Waals surface area (Å²) >= 11 is 5.87. The van der Waals surface area contributed by atoms with Crippen LogP contribution in [0.1, 0.15) is 18.4 Å². The van der Waals surface area contributed by atoms with Gasteiger partial charge >= 0.3 is 0 Å². The van der Waals surface area contributed by atoms with E-state index in [0.717, 1.165) is 24.9 Å². The molecule has 3 aliphatic rings. The molecular weight excluding hydrogens is 353 g/mol. The van der Waals surface area contributed by atoms with Gasteiger partial charge in [0.2, 0.25) is 0 Å². The van der Waals surface area contributed by atoms with E-state index in [9.17, 15) is 12.8 Å². The minimum absolute atomic E-state index is 0.129. The van der Waals surface area contributed by atoms with Gasteiger partial charge in [-0.25, -0.2) is 4.39 Å². The Kier molecular flexibility index (Phi) is 5.18. The number of nitrogens with zero attached hydrogens (tertiary/aromatic N) is 3. The second-order valence-electron chi connectivity index (χ2n) is 6.88. The lowest BCUT2D eigenvalue weighted by Gasteiger charge is -2.36. The molecule has 2 atom stereocenters. The smallest absolute Gasteiger partial charge is 0.281 e. The number of piperidine rings is 1. The van der Waals surface area contributed by atoms with Gasteiger partial charge in [-0.05, 0) is 36.5 Å². The fourth-order valence-electron chi connectivity index (χ4n) is 3.62. The number of rotatable bonds is 4. The van der Waals surface area contributed by atoms with Gasteiger partial charge in [-0.15, -0.1) is 0 Å². The van der Waals surface area contributed by atoms with Gasteiger partial charge in [0.1, 0.15) is 5.82 Å². The number of benzene rings is 1. The van der Waals surface area contributed by atoms with E-state index in [2.05, 4.69) is 4.90 Å². The van der Waals surface area contributed by atoms with Crippen LogP contribution < -0.4 is 0 Å². The van der Waals surface area contributed by atoms with Crippen LogP contribution in [0.3, 0.4) is 0 Å². The zero-order valence-corrected chi connectivity index (χ0v) is 15.5. The molecule has 5 nitrogen and oxygen atoms in total. The Morgan fingerprint density at radius 1 is 1.25 bits per heavy atom. The molecule has 0 aliphatic carbocycles. The fraction of sp³-hybridized carbons (Fsp3) is 0.625. The normalized spacial score (nSPS) is 26.0. The van der Waals surface area contributed by atoms with Crippen LogP contribution in [0.15, 0.2) is 18.2 Å². The lowest BCUT2D eigenvalue weighted by Crippen LogP contribution is -2.45. The van der Waals surface area contributed by atoms with Gasteiger partial charge < -0.3 is 0 Å². The van der Waals surface area contributed by atoms with Crippen molar-refractivity contribution < 1.29 is 12.8 Å². The first-order chi connectivity index (χ1) is 11.3. The average molecular weight is 376 g/mol. The highest BCUT2D eigenvalue weighted by molar-refractivity contribution is 7.86. The molecule has 0 aromatic heterocycles. The molecule has 3 saturated heterocycles. The van der Waals surface area contributed by atoms with Crippen LogP contribution >= 0.6 is 11.6 Å². The van der Waals surface area contributed by atoms with Gasteiger partial charge in [0.05, 0.1) is 5.02 Å². The van der Waals surface area contributed by atoms with Crippen LogP contribution in [0.4, 0.5) is 4.39 Å². The van der Waals surface area contributed by atoms with E-state index in [1.165, 1.54) is 10.4 Å². The molecule has 3 fully saturated rings. The summed E-state index contributed by atoms with van der Waals surface area (Å²) in [5.74, 6) is -0.0875. The number of hydrogen-bond donors (Lipinski definition) is 0. The van der Waals surface area contributed by atoms with Crippen molar-refractivity contribution in [2.45, 2.75) is 25.4 Å². The van der Waals surface area contributed by atoms with Crippen LogP contribution in [0, 0.1) is 11.7 Å². The fourth-order valence-corrected chi connectivity index (χ4v) is 5.05. The predicted molar refractivity (Wildman–Crippen MR) is 92.5 cm³/mol. The summed E-state index contributed by atoms with van der Waals surface area (Å²) < 4.78 is 41.2. The van der Waals surface area contributed by atoms with Gasteiger partial charge in [0.15, 0.2) is 0 Å². The standard InChI is InChI=1S/C16H23ClFN3O2S/c1-19(2)24(22,23)21-10-13-3-5-14(11-21)20(9-13)8-12-4-6-16(18)15(17)7-12/h4,6-7,13-14H,3,5,8-11H2,1-2H3/t13-,14-/m0/s1. The zero-order chi connectivity index (χ0) is 17.5. The lowest BCUT2D eigenvalue weighted by molar-refractivity contribution is 0.125. The van der Waals surface area contributed by atoms with Crippen LogP contribution in [0.2, 0.25) is 5.02 Å². The van der Waals surface area contributed by atoms with Crippen molar-refractivity contribution in [2.75, 3.05) is 33.7 Å². The third kappa shape index (κ3) is 3.60. The first-order valence-corrected chi connectivity index (χ1v) is 9.90. The molecule has 3 aliphatic heterocycles. The van der Waals surface area contributed by atoms with Crippen LogP contribution in [-0.2, 0) is 16.8 Å². The summed E-state index contributed by atoms with van der Waals surface area (Å²) in [5.41, 5.74) is 0.955. The molecule has 1 aromatic carbocycles. The molecule has 0 N–H and O–H groups in total. The van der Waals surface area contributed by atoms with E-state index in [-0.39, 0.29) is 11.1 Å². The average Bonchev–Trinajstić information content (AvgIpc) is 2.83. The van der Waals surface area contributed by atoms with E-state index < -0.39 is 16.0 Å². The second-order valence-corrected chi connectivity index (χ2v) is 9.43. The molecule has 0 unspecified atom stereocenters. The van der Waals surface area contributed by atoms with Crippen molar-refractivity contribution in [3.63, 3.8) is 0 Å². The van der Waals surface area contributed by atoms with Crippen LogP contribution in [0.5, 0.6) is 0 Å². The first-order valence-electron chi connectivity index (χ1n) is 8.13. The van der Waals surface area contributed by atoms with Crippen molar-refractivity contribution in [3.8, 4) is 0 Å². The Hall–Kier alpha value is -0.730. The van der Waals surface area contributed by atoms with Crippen molar-refractivity contribution in [1.29, 1.82) is 0 Å². The predicted octanol–water partition coefficient (Wildman–Crippen LogP) is 2.18. The highest BCUT2D eigenvalue weighted by Gasteiger charge is 2.39. The monoisotopic (exact) mass is 375 g/mol. The molecule has 0 amide bonds. The Morgan fingerprint density at radius 3 is 2.67 bits per heavy atom. The van der Waals surface area contributed by atoms with E-state index in [4.69, 9.17) is 11.6 Å². The van der Waals surface area contributed by atoms with Crippen molar-refractivity contribution in [2.24, 2.45) is 5.92 Å². The van der Waals surface area contributed by atoms with Crippen molar-refractivity contribution >= 4 is 21.8 Å². The molecule has 4 rings (SSSR count). The number of hydrogen-bond acceptors (Lipinski definition) is 3. The minimum Gasteiger partial charge on any atom is -0.294 e. The van der Waals surface area contributed by atoms with Gasteiger partial charge in [0.25, 0.3) is 10.2 Å². The maximum atomic E-state index is 13.3. The van der Waals surface area contributed by atoms with Gasteiger partial charge in [-0.1, -0.05) is 17.7 Å². The van der Waals surface area contributed by atoms with Crippen molar-refractivity contribution in [3.05, 3.63) is 34.6 Å². The Morgan fingerprint density at radius 2 is 2.00 bits per heavy atom. The third-order valence-corrected chi connectivity index (χ3v) is 7.11. The van der Waals surface area contributed by atoms with E-state index in [0.29, 0.717) is 25.6 Å². The van der Waals surface area contributed by atoms with Gasteiger partial charge in [-0.3, -0.25) is 4.90 Å². The maximum absolute atomic E-state index is 13.3. The molecule has 2 bridgehead atoms. The molecule has 3 heterocycles. The summed E-state index contributed by atoms with van der Waals surface area (Å²) in [6.07, 6.45) is 2.03. The zero-order valence-electron chi connectivity index (χ0n) is 14.0. The lowest BCUT2D eigenvalue weighted by atomic mass is 9.94. The topological polar surface area (TPSA) is 43.9 Å². The van der Waals surface area contributed by atoms with Crippen molar-refractivity contribution in [1.82, 2.24) is 13.5 Å². The number of halogens is 2. The largest absolute Gasteiger partial charge is 0.294 e. The van der Waals surface area contributed by atoms with E-state index >= 15 is 0 Å². The summed E-state index contributed by atoms with van der Waals surface area (Å²) in [4.78, 5) is 2.31. The summed E-state index contributed by atoms with van der Waals surface area (Å²) in [7, 11) is -0.249. The Labute approximate surface area is 148 Å². The highest BCUT2D eigenvalue weighted by Crippen LogP contribution is 2.31. The molecule has 1 aromatic rings. The minimum atomic E-state index is -3.39. The van der Waals surface area contributed by atoms with E-state index in [1.807, 2.05) is 0 Å². The Balaban J connectivity index is 1.77. The number of fused-ring (bicyclic) bond motifs is 4. The molecule has 134 valence electrons. The first kappa shape index (κ1) is 18.1. The SMILES string of the molecule is CN(C)S(=O)(=O)N1C[C@H]2CC[C@@H](C1)N(Cc1ccc(F)c(Cl)c1)C2. The second kappa shape index (κ2) is 6.88. The van der Waals surface area contributed by atoms with E-state index in [1.54, 1.807) is 30.5 Å². The summed E-state index contributed by atoms with van der Waals surface area (Å²) in [5, 5.41) is 0.129. The van der Waals surface area contributed by atoms with Crippen LogP contribution in [-0.4, -0.2) is 61.7 Å². The quantitative estimate of drug-likeness (QED) is 0.810.